The van der Waals surface area contributed by atoms with Crippen molar-refractivity contribution < 1.29 is 25.6 Å². The van der Waals surface area contributed by atoms with Gasteiger partial charge in [0.2, 0.25) is 20.0 Å². The fourth-order valence-electron chi connectivity index (χ4n) is 5.95. The molecule has 0 spiro atoms. The van der Waals surface area contributed by atoms with Crippen molar-refractivity contribution in [2.24, 2.45) is 5.41 Å². The van der Waals surface area contributed by atoms with E-state index in [0.29, 0.717) is 63.3 Å². The van der Waals surface area contributed by atoms with E-state index < -0.39 is 49.2 Å². The minimum Gasteiger partial charge on any atom is -0.304 e. The maximum absolute atomic E-state index is 14.3. The van der Waals surface area contributed by atoms with Gasteiger partial charge in [0.1, 0.15) is 11.6 Å². The first-order valence-corrected chi connectivity index (χ1v) is 16.3. The van der Waals surface area contributed by atoms with Gasteiger partial charge < -0.3 is 4.90 Å². The number of sulfonamides is 2. The number of hydrogen-bond donors (Lipinski definition) is 0. The molecule has 3 aliphatic rings. The molecule has 2 heterocycles. The molecule has 7 nitrogen and oxygen atoms in total. The average molecular weight is 588 g/mol. The molecule has 1 aliphatic carbocycles. The lowest BCUT2D eigenvalue weighted by Crippen LogP contribution is -2.53. The van der Waals surface area contributed by atoms with Crippen LogP contribution in [-0.4, -0.2) is 75.4 Å². The molecule has 2 aromatic carbocycles. The largest absolute Gasteiger partial charge is 0.304 e. The predicted molar refractivity (Wildman–Crippen MR) is 142 cm³/mol. The van der Waals surface area contributed by atoms with Gasteiger partial charge in [0.15, 0.2) is 0 Å². The maximum Gasteiger partial charge on any atom is 0.243 e. The van der Waals surface area contributed by atoms with Crippen LogP contribution in [0, 0.1) is 17.0 Å². The third-order valence-corrected chi connectivity index (χ3v) is 12.4. The molecule has 5 rings (SSSR count). The third kappa shape index (κ3) is 5.51. The molecule has 12 heteroatoms. The van der Waals surface area contributed by atoms with Crippen LogP contribution in [0.3, 0.4) is 0 Å². The van der Waals surface area contributed by atoms with E-state index >= 15 is 0 Å². The second-order valence-electron chi connectivity index (χ2n) is 10.8. The number of nitrogens with zero attached hydrogens (tertiary/aromatic N) is 3. The van der Waals surface area contributed by atoms with Crippen LogP contribution in [0.1, 0.15) is 43.7 Å². The first-order valence-electron chi connectivity index (χ1n) is 12.8. The lowest BCUT2D eigenvalue weighted by atomic mass is 9.86. The quantitative estimate of drug-likeness (QED) is 0.484. The van der Waals surface area contributed by atoms with Gasteiger partial charge in [-0.3, -0.25) is 0 Å². The molecule has 0 N–H and O–H groups in total. The Morgan fingerprint density at radius 3 is 2.11 bits per heavy atom. The molecule has 1 saturated carbocycles. The molecule has 0 unspecified atom stereocenters. The summed E-state index contributed by atoms with van der Waals surface area (Å²) in [5.41, 5.74) is -0.533. The number of likely N-dealkylation sites (N-methyl/N-ethyl adjacent to an activating group) is 1. The van der Waals surface area contributed by atoms with E-state index in [9.17, 15) is 25.6 Å². The summed E-state index contributed by atoms with van der Waals surface area (Å²) < 4.78 is 86.8. The standard InChI is InChI=1S/C26H32ClF2N3O4S2/c1-30-11-13-31(14-12-30)37(33,34)18-26(9-10-26)25-4-2-3-24(19-15-21(28)17-22(29)16-19)32(25)38(35,36)23-7-5-20(27)6-8-23/h5-8,15-17,24-25H,2-4,9-14,18H2,1H3/t24-,25+/m0/s1. The summed E-state index contributed by atoms with van der Waals surface area (Å²) in [5, 5.41) is 0.375. The molecule has 208 valence electrons. The molecule has 0 aromatic heterocycles. The van der Waals surface area contributed by atoms with Gasteiger partial charge in [0, 0.05) is 48.7 Å². The molecule has 2 aromatic rings. The van der Waals surface area contributed by atoms with Gasteiger partial charge >= 0.3 is 0 Å². The van der Waals surface area contributed by atoms with Crippen molar-refractivity contribution in [2.45, 2.75) is 49.1 Å². The molecule has 2 aliphatic heterocycles. The molecule has 3 fully saturated rings. The van der Waals surface area contributed by atoms with Crippen LogP contribution >= 0.6 is 11.6 Å². The number of halogens is 3. The highest BCUT2D eigenvalue weighted by molar-refractivity contribution is 7.89. The van der Waals surface area contributed by atoms with Crippen molar-refractivity contribution in [2.75, 3.05) is 39.0 Å². The number of piperazine rings is 1. The van der Waals surface area contributed by atoms with Gasteiger partial charge in [-0.15, -0.1) is 0 Å². The summed E-state index contributed by atoms with van der Waals surface area (Å²) in [5.74, 6) is -1.72. The number of piperidine rings is 1. The summed E-state index contributed by atoms with van der Waals surface area (Å²) in [6.45, 7) is 2.08. The fraction of sp³-hybridized carbons (Fsp3) is 0.538. The Bertz CT molecular complexity index is 1370. The molecule has 0 bridgehead atoms. The Morgan fingerprint density at radius 1 is 0.921 bits per heavy atom. The first-order chi connectivity index (χ1) is 17.9. The zero-order valence-corrected chi connectivity index (χ0v) is 23.6. The van der Waals surface area contributed by atoms with Crippen LogP contribution in [0.15, 0.2) is 47.4 Å². The predicted octanol–water partition coefficient (Wildman–Crippen LogP) is 4.26. The van der Waals surface area contributed by atoms with E-state index in [2.05, 4.69) is 4.90 Å². The van der Waals surface area contributed by atoms with Gasteiger partial charge in [-0.05, 0) is 81.1 Å². The smallest absolute Gasteiger partial charge is 0.243 e. The summed E-state index contributed by atoms with van der Waals surface area (Å²) in [6.07, 6.45) is 2.59. The highest BCUT2D eigenvalue weighted by Gasteiger charge is 2.58. The second kappa shape index (κ2) is 10.4. The van der Waals surface area contributed by atoms with Crippen molar-refractivity contribution >= 4 is 31.6 Å². The van der Waals surface area contributed by atoms with Crippen LogP contribution in [0.4, 0.5) is 8.78 Å². The van der Waals surface area contributed by atoms with Crippen molar-refractivity contribution in [1.82, 2.24) is 13.5 Å². The van der Waals surface area contributed by atoms with Gasteiger partial charge in [-0.25, -0.2) is 25.6 Å². The maximum atomic E-state index is 14.3. The molecular weight excluding hydrogens is 556 g/mol. The summed E-state index contributed by atoms with van der Waals surface area (Å²) >= 11 is 6.01. The molecule has 0 radical (unpaired) electrons. The van der Waals surface area contributed by atoms with Crippen LogP contribution < -0.4 is 0 Å². The summed E-state index contributed by atoms with van der Waals surface area (Å²) in [6, 6.07) is 7.41. The van der Waals surface area contributed by atoms with Crippen LogP contribution in [0.25, 0.3) is 0 Å². The molecule has 38 heavy (non-hydrogen) atoms. The Balaban J connectivity index is 1.55. The van der Waals surface area contributed by atoms with E-state index in [1.807, 2.05) is 7.05 Å². The van der Waals surface area contributed by atoms with Gasteiger partial charge in [-0.2, -0.15) is 8.61 Å². The molecular formula is C26H32ClF2N3O4S2. The normalized spacial score (nSPS) is 25.4. The molecule has 2 atom stereocenters. The number of rotatable bonds is 7. The number of hydrogen-bond acceptors (Lipinski definition) is 5. The van der Waals surface area contributed by atoms with E-state index in [1.54, 1.807) is 0 Å². The highest BCUT2D eigenvalue weighted by Crippen LogP contribution is 2.57. The monoisotopic (exact) mass is 587 g/mol. The van der Waals surface area contributed by atoms with E-state index in [-0.39, 0.29) is 16.2 Å². The minimum absolute atomic E-state index is 0.00778. The van der Waals surface area contributed by atoms with Gasteiger partial charge in [0.05, 0.1) is 16.7 Å². The Labute approximate surface area is 228 Å². The van der Waals surface area contributed by atoms with Crippen molar-refractivity contribution in [1.29, 1.82) is 0 Å². The second-order valence-corrected chi connectivity index (χ2v) is 15.0. The zero-order chi connectivity index (χ0) is 27.3. The van der Waals surface area contributed by atoms with E-state index in [0.717, 1.165) is 6.07 Å². The average Bonchev–Trinajstić information content (AvgIpc) is 3.63. The van der Waals surface area contributed by atoms with Crippen LogP contribution in [-0.2, 0) is 20.0 Å². The number of benzene rings is 2. The van der Waals surface area contributed by atoms with E-state index in [1.165, 1.54) is 45.0 Å². The minimum atomic E-state index is -4.17. The van der Waals surface area contributed by atoms with Gasteiger partial charge in [-0.1, -0.05) is 11.6 Å². The van der Waals surface area contributed by atoms with Crippen LogP contribution in [0.5, 0.6) is 0 Å². The van der Waals surface area contributed by atoms with Crippen molar-refractivity contribution in [3.63, 3.8) is 0 Å². The summed E-state index contributed by atoms with van der Waals surface area (Å²) in [7, 11) is -5.86. The van der Waals surface area contributed by atoms with E-state index in [4.69, 9.17) is 11.6 Å². The van der Waals surface area contributed by atoms with Crippen molar-refractivity contribution in [3.05, 3.63) is 64.7 Å². The Kier molecular flexibility index (Phi) is 7.64. The lowest BCUT2D eigenvalue weighted by molar-refractivity contribution is 0.125. The van der Waals surface area contributed by atoms with Gasteiger partial charge in [0.25, 0.3) is 0 Å². The third-order valence-electron chi connectivity index (χ3n) is 8.15. The highest BCUT2D eigenvalue weighted by atomic mass is 35.5. The zero-order valence-electron chi connectivity index (χ0n) is 21.2. The molecule has 2 saturated heterocycles. The molecule has 0 amide bonds. The fourth-order valence-corrected chi connectivity index (χ4v) is 10.1. The van der Waals surface area contributed by atoms with Crippen LogP contribution in [0.2, 0.25) is 5.02 Å². The lowest BCUT2D eigenvalue weighted by Gasteiger charge is -2.45. The Hall–Kier alpha value is -1.63. The SMILES string of the molecule is CN1CCN(S(=O)(=O)CC2([C@H]3CCC[C@@H](c4cc(F)cc(F)c4)N3S(=O)(=O)c3ccc(Cl)cc3)CC2)CC1. The topological polar surface area (TPSA) is 78.0 Å². The summed E-state index contributed by atoms with van der Waals surface area (Å²) in [4.78, 5) is 2.08. The Morgan fingerprint density at radius 2 is 1.53 bits per heavy atom. The van der Waals surface area contributed by atoms with Crippen molar-refractivity contribution in [3.8, 4) is 0 Å². The first kappa shape index (κ1) is 27.9.